The van der Waals surface area contributed by atoms with Crippen LogP contribution in [-0.2, 0) is 6.54 Å². The van der Waals surface area contributed by atoms with Crippen molar-refractivity contribution in [3.05, 3.63) is 51.8 Å². The molecule has 30 heavy (non-hydrogen) atoms. The fourth-order valence-corrected chi connectivity index (χ4v) is 3.64. The molecule has 3 N–H and O–H groups in total. The quantitative estimate of drug-likeness (QED) is 0.692. The van der Waals surface area contributed by atoms with Crippen molar-refractivity contribution >= 4 is 29.7 Å². The van der Waals surface area contributed by atoms with E-state index in [4.69, 9.17) is 0 Å². The van der Waals surface area contributed by atoms with Gasteiger partial charge in [-0.2, -0.15) is 0 Å². The van der Waals surface area contributed by atoms with E-state index in [9.17, 15) is 13.2 Å². The number of alkyl halides is 2. The second-order valence-electron chi connectivity index (χ2n) is 7.23. The van der Waals surface area contributed by atoms with Gasteiger partial charge in [0.25, 0.3) is 6.43 Å². The summed E-state index contributed by atoms with van der Waals surface area (Å²) in [5.74, 6) is 0.833. The van der Waals surface area contributed by atoms with E-state index < -0.39 is 17.8 Å². The van der Waals surface area contributed by atoms with Gasteiger partial charge in [-0.25, -0.2) is 23.1 Å². The largest absolute Gasteiger partial charge is 0.367 e. The Bertz CT molecular complexity index is 1090. The molecule has 2 aliphatic rings. The first-order valence-corrected chi connectivity index (χ1v) is 9.75. The standard InChI is InChI=1S/C21H23F3N6/c1-12-17(30-8-6-25-7-9-30)10-16-20(28-13(2)29-21(16)27-12)26-11-14-4-3-5-15(18(14)22)19(23)24/h3-5,10,19,25H,1,6-9,11H2,2H3,(H2,26,27,28,29). The van der Waals surface area contributed by atoms with Gasteiger partial charge < -0.3 is 20.9 Å². The third-order valence-electron chi connectivity index (χ3n) is 5.16. The molecule has 4 rings (SSSR count). The van der Waals surface area contributed by atoms with E-state index >= 15 is 0 Å². The maximum atomic E-state index is 14.4. The summed E-state index contributed by atoms with van der Waals surface area (Å²) in [4.78, 5) is 11.3. The Balaban J connectivity index is 1.70. The van der Waals surface area contributed by atoms with Crippen molar-refractivity contribution in [1.82, 2.24) is 15.6 Å². The average molecular weight is 416 g/mol. The zero-order valence-corrected chi connectivity index (χ0v) is 16.6. The van der Waals surface area contributed by atoms with Crippen molar-refractivity contribution in [3.63, 3.8) is 0 Å². The minimum absolute atomic E-state index is 0.0209. The number of fused-ring (bicyclic) bond motifs is 1. The van der Waals surface area contributed by atoms with Gasteiger partial charge in [-0.05, 0) is 13.0 Å². The summed E-state index contributed by atoms with van der Waals surface area (Å²) in [7, 11) is 0. The number of amidine groups is 1. The molecular weight excluding hydrogens is 393 g/mol. The summed E-state index contributed by atoms with van der Waals surface area (Å²) in [6, 6.07) is 5.97. The van der Waals surface area contributed by atoms with Crippen molar-refractivity contribution < 1.29 is 13.2 Å². The van der Waals surface area contributed by atoms with Gasteiger partial charge in [-0.1, -0.05) is 24.8 Å². The van der Waals surface area contributed by atoms with Gasteiger partial charge in [0, 0.05) is 38.3 Å². The van der Waals surface area contributed by atoms with Gasteiger partial charge in [0.15, 0.2) is 0 Å². The maximum absolute atomic E-state index is 14.4. The van der Waals surface area contributed by atoms with Gasteiger partial charge in [-0.3, -0.25) is 0 Å². The Hall–Kier alpha value is -3.07. The van der Waals surface area contributed by atoms with Crippen molar-refractivity contribution in [2.75, 3.05) is 36.4 Å². The number of piperazine rings is 1. The van der Waals surface area contributed by atoms with Crippen LogP contribution in [0, 0.1) is 5.82 Å². The van der Waals surface area contributed by atoms with Crippen molar-refractivity contribution in [3.8, 4) is 0 Å². The van der Waals surface area contributed by atoms with Gasteiger partial charge in [0.1, 0.15) is 23.3 Å². The van der Waals surface area contributed by atoms with Crippen LogP contribution < -0.4 is 31.4 Å². The third-order valence-corrected chi connectivity index (χ3v) is 5.16. The van der Waals surface area contributed by atoms with Crippen LogP contribution >= 0.6 is 0 Å². The Kier molecular flexibility index (Phi) is 5.63. The summed E-state index contributed by atoms with van der Waals surface area (Å²) in [5, 5.41) is 10.9. The van der Waals surface area contributed by atoms with E-state index in [1.54, 1.807) is 6.92 Å². The predicted octanol–water partition coefficient (Wildman–Crippen LogP) is 1.68. The van der Waals surface area contributed by atoms with Gasteiger partial charge in [0.05, 0.1) is 21.8 Å². The zero-order chi connectivity index (χ0) is 21.3. The normalized spacial score (nSPS) is 16.2. The monoisotopic (exact) mass is 416 g/mol. The fraction of sp³-hybridized carbons (Fsp3) is 0.333. The smallest absolute Gasteiger partial charge is 0.266 e. The van der Waals surface area contributed by atoms with E-state index in [-0.39, 0.29) is 12.1 Å². The number of aliphatic imine (C=N–C) groups is 1. The molecule has 2 aliphatic heterocycles. The molecule has 0 bridgehead atoms. The van der Waals surface area contributed by atoms with E-state index in [1.165, 1.54) is 12.1 Å². The topological polar surface area (TPSA) is 64.6 Å². The first-order chi connectivity index (χ1) is 14.4. The SMILES string of the molecule is C=c1nc2c(cc1N1CCNCC1)=C(NCc1cccc(C(F)F)c1F)N=C(C)N2. The number of hydrogen-bond acceptors (Lipinski definition) is 6. The summed E-state index contributed by atoms with van der Waals surface area (Å²) in [6.45, 7) is 9.32. The molecule has 3 heterocycles. The lowest BCUT2D eigenvalue weighted by Crippen LogP contribution is -2.46. The molecule has 2 aromatic rings. The minimum atomic E-state index is -2.86. The van der Waals surface area contributed by atoms with Crippen LogP contribution in [0.25, 0.3) is 12.4 Å². The molecule has 0 saturated carbocycles. The second kappa shape index (κ2) is 8.35. The highest BCUT2D eigenvalue weighted by atomic mass is 19.3. The predicted molar refractivity (Wildman–Crippen MR) is 112 cm³/mol. The second-order valence-corrected chi connectivity index (χ2v) is 7.23. The number of nitrogens with one attached hydrogen (secondary N) is 3. The van der Waals surface area contributed by atoms with E-state index in [0.29, 0.717) is 22.8 Å². The van der Waals surface area contributed by atoms with Crippen molar-refractivity contribution in [2.45, 2.75) is 19.9 Å². The fourth-order valence-electron chi connectivity index (χ4n) is 3.64. The summed E-state index contributed by atoms with van der Waals surface area (Å²) in [6.07, 6.45) is -2.86. The number of hydrogen-bond donors (Lipinski definition) is 3. The Labute approximate surface area is 172 Å². The number of aromatic nitrogens is 1. The van der Waals surface area contributed by atoms with Crippen LogP contribution in [0.2, 0.25) is 0 Å². The first kappa shape index (κ1) is 20.2. The number of halogens is 3. The molecule has 0 amide bonds. The number of nitrogens with zero attached hydrogens (tertiary/aromatic N) is 3. The highest BCUT2D eigenvalue weighted by Crippen LogP contribution is 2.24. The molecule has 0 radical (unpaired) electrons. The molecule has 0 unspecified atom stereocenters. The Morgan fingerprint density at radius 1 is 1.27 bits per heavy atom. The highest BCUT2D eigenvalue weighted by Gasteiger charge is 2.19. The Morgan fingerprint density at radius 3 is 2.77 bits per heavy atom. The van der Waals surface area contributed by atoms with Gasteiger partial charge in [0.2, 0.25) is 0 Å². The van der Waals surface area contributed by atoms with Crippen LogP contribution in [-0.4, -0.2) is 37.0 Å². The van der Waals surface area contributed by atoms with Crippen LogP contribution in [0.1, 0.15) is 24.5 Å². The molecule has 1 aromatic carbocycles. The minimum Gasteiger partial charge on any atom is -0.367 e. The summed E-state index contributed by atoms with van der Waals surface area (Å²) >= 11 is 0. The van der Waals surface area contributed by atoms with Crippen molar-refractivity contribution in [2.24, 2.45) is 4.99 Å². The summed E-state index contributed by atoms with van der Waals surface area (Å²) in [5.41, 5.74) is 0.461. The molecule has 6 nitrogen and oxygen atoms in total. The van der Waals surface area contributed by atoms with E-state index in [0.717, 1.165) is 43.2 Å². The molecule has 9 heteroatoms. The average Bonchev–Trinajstić information content (AvgIpc) is 2.72. The van der Waals surface area contributed by atoms with Gasteiger partial charge in [-0.15, -0.1) is 0 Å². The maximum Gasteiger partial charge on any atom is 0.266 e. The van der Waals surface area contributed by atoms with Gasteiger partial charge >= 0.3 is 0 Å². The van der Waals surface area contributed by atoms with E-state index in [1.807, 2.05) is 6.07 Å². The van der Waals surface area contributed by atoms with Crippen molar-refractivity contribution in [1.29, 1.82) is 0 Å². The van der Waals surface area contributed by atoms with Crippen LogP contribution in [0.5, 0.6) is 0 Å². The first-order valence-electron chi connectivity index (χ1n) is 9.75. The molecule has 1 aromatic heterocycles. The van der Waals surface area contributed by atoms with Crippen LogP contribution in [0.3, 0.4) is 0 Å². The van der Waals surface area contributed by atoms with Crippen LogP contribution in [0.4, 0.5) is 24.7 Å². The number of pyridine rings is 1. The molecule has 158 valence electrons. The molecule has 0 aliphatic carbocycles. The Morgan fingerprint density at radius 2 is 2.03 bits per heavy atom. The molecule has 1 saturated heterocycles. The lowest BCUT2D eigenvalue weighted by Gasteiger charge is -2.30. The van der Waals surface area contributed by atoms with E-state index in [2.05, 4.69) is 37.4 Å². The number of anilines is 2. The summed E-state index contributed by atoms with van der Waals surface area (Å²) < 4.78 is 40.4. The molecular formula is C21H23F3N6. The number of rotatable bonds is 5. The third kappa shape index (κ3) is 3.97. The lowest BCUT2D eigenvalue weighted by atomic mass is 10.1. The molecule has 0 spiro atoms. The molecule has 0 atom stereocenters. The number of benzene rings is 1. The lowest BCUT2D eigenvalue weighted by molar-refractivity contribution is 0.146. The zero-order valence-electron chi connectivity index (χ0n) is 16.6. The van der Waals surface area contributed by atoms with Crippen LogP contribution in [0.15, 0.2) is 29.3 Å². The highest BCUT2D eigenvalue weighted by molar-refractivity contribution is 5.97. The molecule has 1 fully saturated rings.